The van der Waals surface area contributed by atoms with Crippen LogP contribution in [-0.2, 0) is 11.3 Å². The van der Waals surface area contributed by atoms with Crippen LogP contribution < -0.4 is 10.9 Å². The third kappa shape index (κ3) is 3.00. The molecule has 2 heterocycles. The van der Waals surface area contributed by atoms with Crippen LogP contribution in [0.4, 0.5) is 0 Å². The monoisotopic (exact) mass is 305 g/mol. The van der Waals surface area contributed by atoms with Crippen molar-refractivity contribution in [3.63, 3.8) is 0 Å². The molecule has 1 saturated carbocycles. The molecule has 1 amide bonds. The summed E-state index contributed by atoms with van der Waals surface area (Å²) in [5, 5.41) is 4.90. The van der Waals surface area contributed by atoms with E-state index >= 15 is 0 Å². The van der Waals surface area contributed by atoms with E-state index in [2.05, 4.69) is 17.2 Å². The van der Waals surface area contributed by atoms with Gasteiger partial charge in [-0.2, -0.15) is 0 Å². The van der Waals surface area contributed by atoms with Crippen molar-refractivity contribution in [2.24, 2.45) is 5.92 Å². The van der Waals surface area contributed by atoms with E-state index in [0.29, 0.717) is 16.1 Å². The highest BCUT2D eigenvalue weighted by Gasteiger charge is 2.23. The zero-order valence-corrected chi connectivity index (χ0v) is 12.9. The molecule has 2 atom stereocenters. The van der Waals surface area contributed by atoms with E-state index in [-0.39, 0.29) is 24.1 Å². The number of fused-ring (bicyclic) bond motifs is 1. The summed E-state index contributed by atoms with van der Waals surface area (Å²) in [7, 11) is 0. The Bertz CT molecular complexity index is 706. The summed E-state index contributed by atoms with van der Waals surface area (Å²) in [5.74, 6) is 0.408. The number of nitrogens with one attached hydrogen (secondary N) is 1. The number of amides is 1. The quantitative estimate of drug-likeness (QED) is 0.945. The molecule has 2 aromatic heterocycles. The molecular formula is C15H19N3O2S. The molecule has 0 saturated heterocycles. The second-order valence-corrected chi connectivity index (χ2v) is 6.66. The predicted molar refractivity (Wildman–Crippen MR) is 83.4 cm³/mol. The highest BCUT2D eigenvalue weighted by atomic mass is 32.1. The topological polar surface area (TPSA) is 64.0 Å². The first kappa shape index (κ1) is 14.3. The second-order valence-electron chi connectivity index (χ2n) is 5.75. The van der Waals surface area contributed by atoms with E-state index in [0.717, 1.165) is 19.3 Å². The van der Waals surface area contributed by atoms with Gasteiger partial charge in [-0.3, -0.25) is 14.2 Å². The lowest BCUT2D eigenvalue weighted by Crippen LogP contribution is -2.43. The van der Waals surface area contributed by atoms with Crippen molar-refractivity contribution in [3.8, 4) is 0 Å². The Morgan fingerprint density at radius 3 is 3.10 bits per heavy atom. The summed E-state index contributed by atoms with van der Waals surface area (Å²) in [6.07, 6.45) is 6.06. The largest absolute Gasteiger partial charge is 0.352 e. The number of hydrogen-bond donors (Lipinski definition) is 1. The van der Waals surface area contributed by atoms with Gasteiger partial charge in [0.05, 0.1) is 11.8 Å². The van der Waals surface area contributed by atoms with Gasteiger partial charge in [0.25, 0.3) is 5.56 Å². The Kier molecular flexibility index (Phi) is 4.05. The maximum atomic E-state index is 12.2. The average molecular weight is 305 g/mol. The van der Waals surface area contributed by atoms with E-state index in [1.807, 2.05) is 11.4 Å². The Balaban J connectivity index is 1.71. The van der Waals surface area contributed by atoms with Crippen molar-refractivity contribution in [2.45, 2.75) is 45.2 Å². The van der Waals surface area contributed by atoms with Gasteiger partial charge in [-0.25, -0.2) is 4.98 Å². The number of rotatable bonds is 3. The zero-order chi connectivity index (χ0) is 14.8. The van der Waals surface area contributed by atoms with Gasteiger partial charge in [0.1, 0.15) is 11.2 Å². The molecule has 0 aliphatic heterocycles. The van der Waals surface area contributed by atoms with Gasteiger partial charge in [0.15, 0.2) is 0 Å². The normalized spacial score (nSPS) is 22.3. The minimum Gasteiger partial charge on any atom is -0.352 e. The highest BCUT2D eigenvalue weighted by Crippen LogP contribution is 2.23. The average Bonchev–Trinajstić information content (AvgIpc) is 2.94. The molecule has 6 heteroatoms. The van der Waals surface area contributed by atoms with Gasteiger partial charge in [0.2, 0.25) is 5.91 Å². The van der Waals surface area contributed by atoms with Crippen LogP contribution in [0.2, 0.25) is 0 Å². The molecule has 112 valence electrons. The number of thiophene rings is 1. The summed E-state index contributed by atoms with van der Waals surface area (Å²) >= 11 is 1.36. The van der Waals surface area contributed by atoms with Crippen LogP contribution in [-0.4, -0.2) is 21.5 Å². The first-order chi connectivity index (χ1) is 10.1. The van der Waals surface area contributed by atoms with Gasteiger partial charge >= 0.3 is 0 Å². The smallest absolute Gasteiger partial charge is 0.271 e. The summed E-state index contributed by atoms with van der Waals surface area (Å²) in [6.45, 7) is 2.22. The van der Waals surface area contributed by atoms with Gasteiger partial charge in [-0.05, 0) is 30.2 Å². The van der Waals surface area contributed by atoms with Crippen molar-refractivity contribution in [1.29, 1.82) is 0 Å². The molecular weight excluding hydrogens is 286 g/mol. The summed E-state index contributed by atoms with van der Waals surface area (Å²) in [4.78, 5) is 28.6. The maximum Gasteiger partial charge on any atom is 0.271 e. The first-order valence-corrected chi connectivity index (χ1v) is 8.25. The van der Waals surface area contributed by atoms with Crippen LogP contribution in [0, 0.1) is 5.92 Å². The fraction of sp³-hybridized carbons (Fsp3) is 0.533. The molecule has 3 rings (SSSR count). The standard InChI is InChI=1S/C15H19N3O2S/c1-10-4-2-3-5-11(10)17-13(19)8-18-9-16-12-6-7-21-14(12)15(18)20/h6-7,9-11H,2-5,8H2,1H3,(H,17,19)/t10-,11-/m1/s1. The Morgan fingerprint density at radius 2 is 2.29 bits per heavy atom. The first-order valence-electron chi connectivity index (χ1n) is 7.37. The maximum absolute atomic E-state index is 12.2. The zero-order valence-electron chi connectivity index (χ0n) is 12.0. The molecule has 1 fully saturated rings. The van der Waals surface area contributed by atoms with Crippen LogP contribution in [0.15, 0.2) is 22.6 Å². The van der Waals surface area contributed by atoms with Crippen molar-refractivity contribution in [3.05, 3.63) is 28.1 Å². The lowest BCUT2D eigenvalue weighted by atomic mass is 9.86. The molecule has 0 radical (unpaired) electrons. The number of nitrogens with zero attached hydrogens (tertiary/aromatic N) is 2. The van der Waals surface area contributed by atoms with Crippen molar-refractivity contribution in [2.75, 3.05) is 0 Å². The van der Waals surface area contributed by atoms with E-state index < -0.39 is 0 Å². The highest BCUT2D eigenvalue weighted by molar-refractivity contribution is 7.17. The summed E-state index contributed by atoms with van der Waals surface area (Å²) < 4.78 is 2.00. The van der Waals surface area contributed by atoms with Crippen molar-refractivity contribution in [1.82, 2.24) is 14.9 Å². The summed E-state index contributed by atoms with van der Waals surface area (Å²) in [6, 6.07) is 2.05. The molecule has 1 N–H and O–H groups in total. The third-order valence-corrected chi connectivity index (χ3v) is 5.10. The lowest BCUT2D eigenvalue weighted by molar-refractivity contribution is -0.123. The molecule has 5 nitrogen and oxygen atoms in total. The molecule has 1 aliphatic rings. The fourth-order valence-electron chi connectivity index (χ4n) is 2.93. The molecule has 0 unspecified atom stereocenters. The molecule has 21 heavy (non-hydrogen) atoms. The minimum absolute atomic E-state index is 0.0445. The lowest BCUT2D eigenvalue weighted by Gasteiger charge is -2.29. The molecule has 0 spiro atoms. The van der Waals surface area contributed by atoms with Crippen molar-refractivity contribution >= 4 is 27.5 Å². The second kappa shape index (κ2) is 5.97. The van der Waals surface area contributed by atoms with Crippen LogP contribution in [0.5, 0.6) is 0 Å². The van der Waals surface area contributed by atoms with E-state index in [1.165, 1.54) is 28.7 Å². The van der Waals surface area contributed by atoms with Gasteiger partial charge < -0.3 is 5.32 Å². The van der Waals surface area contributed by atoms with Gasteiger partial charge in [0, 0.05) is 6.04 Å². The van der Waals surface area contributed by atoms with Gasteiger partial charge in [-0.15, -0.1) is 11.3 Å². The molecule has 0 bridgehead atoms. The predicted octanol–water partition coefficient (Wildman–Crippen LogP) is 2.15. The van der Waals surface area contributed by atoms with Crippen molar-refractivity contribution < 1.29 is 4.79 Å². The molecule has 0 aromatic carbocycles. The van der Waals surface area contributed by atoms with Crippen LogP contribution in [0.25, 0.3) is 10.2 Å². The molecule has 1 aliphatic carbocycles. The van der Waals surface area contributed by atoms with Crippen LogP contribution >= 0.6 is 11.3 Å². The molecule has 2 aromatic rings. The van der Waals surface area contributed by atoms with Crippen LogP contribution in [0.1, 0.15) is 32.6 Å². The van der Waals surface area contributed by atoms with E-state index in [4.69, 9.17) is 0 Å². The number of aromatic nitrogens is 2. The van der Waals surface area contributed by atoms with Crippen LogP contribution in [0.3, 0.4) is 0 Å². The number of hydrogen-bond acceptors (Lipinski definition) is 4. The number of carbonyl (C=O) groups excluding carboxylic acids is 1. The third-order valence-electron chi connectivity index (χ3n) is 4.21. The van der Waals surface area contributed by atoms with E-state index in [9.17, 15) is 9.59 Å². The Labute approximate surface area is 127 Å². The van der Waals surface area contributed by atoms with E-state index in [1.54, 1.807) is 0 Å². The SMILES string of the molecule is C[C@@H]1CCCC[C@H]1NC(=O)Cn1cnc2ccsc2c1=O. The Morgan fingerprint density at radius 1 is 1.48 bits per heavy atom. The summed E-state index contributed by atoms with van der Waals surface area (Å²) in [5.41, 5.74) is 0.560. The minimum atomic E-state index is -0.137. The fourth-order valence-corrected chi connectivity index (χ4v) is 3.72. The van der Waals surface area contributed by atoms with Gasteiger partial charge in [-0.1, -0.05) is 19.8 Å². The Hall–Kier alpha value is -1.69. The number of carbonyl (C=O) groups is 1.